The Morgan fingerprint density at radius 3 is 2.04 bits per heavy atom. The van der Waals surface area contributed by atoms with Gasteiger partial charge in [-0.25, -0.2) is 12.1 Å². The molecular formula is C20H23LiO4-2. The maximum atomic E-state index is 10.1. The van der Waals surface area contributed by atoms with Crippen LogP contribution in [0.1, 0.15) is 44.2 Å². The Labute approximate surface area is 162 Å². The van der Waals surface area contributed by atoms with Gasteiger partial charge in [0.15, 0.2) is 5.79 Å². The van der Waals surface area contributed by atoms with E-state index in [1.54, 1.807) is 24.7 Å². The van der Waals surface area contributed by atoms with Crippen molar-refractivity contribution in [2.75, 3.05) is 13.2 Å². The molecule has 4 nitrogen and oxygen atoms in total. The largest absolute Gasteiger partial charge is 1.00 e. The molecule has 1 aromatic carbocycles. The van der Waals surface area contributed by atoms with E-state index < -0.39 is 0 Å². The predicted molar refractivity (Wildman–Crippen MR) is 91.7 cm³/mol. The Morgan fingerprint density at radius 2 is 1.64 bits per heavy atom. The normalized spacial score (nSPS) is 23.7. The average molecular weight is 334 g/mol. The van der Waals surface area contributed by atoms with Crippen molar-refractivity contribution in [1.82, 2.24) is 0 Å². The first-order valence-corrected chi connectivity index (χ1v) is 8.14. The molecule has 25 heavy (non-hydrogen) atoms. The summed E-state index contributed by atoms with van der Waals surface area (Å²) in [5.41, 5.74) is 1.94. The van der Waals surface area contributed by atoms with Crippen LogP contribution in [0.15, 0.2) is 35.9 Å². The topological polar surface area (TPSA) is 52.6 Å². The summed E-state index contributed by atoms with van der Waals surface area (Å²) in [6.07, 6.45) is 8.38. The molecule has 5 heteroatoms. The van der Waals surface area contributed by atoms with E-state index in [4.69, 9.17) is 9.47 Å². The summed E-state index contributed by atoms with van der Waals surface area (Å²) in [5.74, 6) is -0.352. The molecule has 0 radical (unpaired) electrons. The number of ether oxygens (including phenoxy) is 2. The van der Waals surface area contributed by atoms with Crippen molar-refractivity contribution in [1.29, 1.82) is 0 Å². The van der Waals surface area contributed by atoms with Crippen molar-refractivity contribution in [3.63, 3.8) is 0 Å². The molecular weight excluding hydrogens is 311 g/mol. The molecule has 2 aliphatic rings. The summed E-state index contributed by atoms with van der Waals surface area (Å²) in [6, 6.07) is 6.38. The quantitative estimate of drug-likeness (QED) is 0.453. The first kappa shape index (κ1) is 21.9. The van der Waals surface area contributed by atoms with Gasteiger partial charge in [-0.2, -0.15) is 0 Å². The second-order valence-corrected chi connectivity index (χ2v) is 6.38. The maximum Gasteiger partial charge on any atom is 1.00 e. The molecule has 0 N–H and O–H groups in total. The van der Waals surface area contributed by atoms with Gasteiger partial charge in [-0.15, -0.1) is 17.5 Å². The van der Waals surface area contributed by atoms with E-state index in [0.717, 1.165) is 32.5 Å². The van der Waals surface area contributed by atoms with E-state index in [-0.39, 0.29) is 41.2 Å². The van der Waals surface area contributed by atoms with Crippen molar-refractivity contribution in [2.24, 2.45) is 5.41 Å². The van der Waals surface area contributed by atoms with Crippen LogP contribution in [0.2, 0.25) is 0 Å². The number of rotatable bonds is 3. The standard InChI is InChI=1S/C12H19O2.C8H4O2.Li/c1-4-10-5-6-12(9-11(10,2)3)13-7-8-14-12;9-5-7-3-1-2-4-8(7)6-10;/h5H,2,4,6-9H2,1,3H3;1-4H;/q-1;-2;+1. The van der Waals surface area contributed by atoms with E-state index in [9.17, 15) is 9.59 Å². The Bertz CT molecular complexity index is 589. The second-order valence-electron chi connectivity index (χ2n) is 6.38. The molecule has 3 rings (SSSR count). The van der Waals surface area contributed by atoms with Gasteiger partial charge in [-0.1, -0.05) is 25.5 Å². The fraction of sp³-hybridized carbons (Fsp3) is 0.450. The summed E-state index contributed by atoms with van der Waals surface area (Å²) in [4.78, 5) is 20.2. The van der Waals surface area contributed by atoms with E-state index in [2.05, 4.69) is 26.8 Å². The molecule has 1 aliphatic heterocycles. The third-order valence-electron chi connectivity index (χ3n) is 4.44. The van der Waals surface area contributed by atoms with Gasteiger partial charge >= 0.3 is 18.9 Å². The number of allylic oxidation sites excluding steroid dienone is 1. The Balaban J connectivity index is 0.000000254. The average Bonchev–Trinajstić information content (AvgIpc) is 3.02. The molecule has 1 spiro atoms. The minimum Gasteiger partial charge on any atom is -0.391 e. The van der Waals surface area contributed by atoms with Gasteiger partial charge in [0.05, 0.1) is 13.2 Å². The van der Waals surface area contributed by atoms with Gasteiger partial charge in [-0.05, 0) is 25.4 Å². The number of benzene rings is 1. The predicted octanol–water partition coefficient (Wildman–Crippen LogP) is 0.306. The molecule has 0 aromatic heterocycles. The van der Waals surface area contributed by atoms with E-state index in [1.165, 1.54) is 17.7 Å². The van der Waals surface area contributed by atoms with Crippen molar-refractivity contribution in [3.05, 3.63) is 54.0 Å². The van der Waals surface area contributed by atoms with Gasteiger partial charge < -0.3 is 26.0 Å². The maximum absolute atomic E-state index is 10.1. The van der Waals surface area contributed by atoms with Crippen LogP contribution in [0.25, 0.3) is 0 Å². The number of hydrogen-bond donors (Lipinski definition) is 0. The molecule has 130 valence electrons. The van der Waals surface area contributed by atoms with Crippen LogP contribution in [0.4, 0.5) is 0 Å². The Morgan fingerprint density at radius 1 is 1.12 bits per heavy atom. The molecule has 1 atom stereocenters. The molecule has 0 saturated carbocycles. The zero-order valence-corrected chi connectivity index (χ0v) is 15.3. The van der Waals surface area contributed by atoms with Crippen molar-refractivity contribution < 1.29 is 37.9 Å². The van der Waals surface area contributed by atoms with Gasteiger partial charge in [0, 0.05) is 6.42 Å². The van der Waals surface area contributed by atoms with Crippen LogP contribution in [-0.2, 0) is 19.1 Å². The minimum absolute atomic E-state index is 0. The molecule has 1 aromatic rings. The number of carbonyl (C=O) groups excluding carboxylic acids is 2. The van der Waals surface area contributed by atoms with Crippen molar-refractivity contribution in [2.45, 2.75) is 38.9 Å². The Hall–Kier alpha value is -1.18. The van der Waals surface area contributed by atoms with Gasteiger partial charge in [0.25, 0.3) is 0 Å². The smallest absolute Gasteiger partial charge is 0.391 e. The molecule has 1 saturated heterocycles. The molecule has 1 fully saturated rings. The first-order chi connectivity index (χ1) is 11.5. The van der Waals surface area contributed by atoms with Gasteiger partial charge in [0.1, 0.15) is 0 Å². The van der Waals surface area contributed by atoms with Crippen LogP contribution in [0, 0.1) is 12.3 Å². The van der Waals surface area contributed by atoms with Crippen molar-refractivity contribution in [3.8, 4) is 0 Å². The number of hydrogen-bond acceptors (Lipinski definition) is 4. The Kier molecular flexibility index (Phi) is 8.30. The SMILES string of the molecule is O=[C-]c1ccccc1[C-]=O.[CH2-]C1(C)CC2(CC=C1CC)OCCO2.[Li+]. The first-order valence-electron chi connectivity index (χ1n) is 8.14. The minimum atomic E-state index is -0.352. The molecule has 1 heterocycles. The fourth-order valence-corrected chi connectivity index (χ4v) is 3.25. The van der Waals surface area contributed by atoms with Crippen LogP contribution in [0.5, 0.6) is 0 Å². The monoisotopic (exact) mass is 334 g/mol. The van der Waals surface area contributed by atoms with Crippen LogP contribution in [0.3, 0.4) is 0 Å². The van der Waals surface area contributed by atoms with Crippen molar-refractivity contribution >= 4 is 12.6 Å². The molecule has 1 unspecified atom stereocenters. The molecule has 0 bridgehead atoms. The van der Waals surface area contributed by atoms with E-state index in [0.29, 0.717) is 0 Å². The van der Waals surface area contributed by atoms with Gasteiger partial charge in [0.2, 0.25) is 0 Å². The molecule has 1 aliphatic carbocycles. The third-order valence-corrected chi connectivity index (χ3v) is 4.44. The summed E-state index contributed by atoms with van der Waals surface area (Å²) < 4.78 is 11.4. The van der Waals surface area contributed by atoms with Crippen LogP contribution in [-0.4, -0.2) is 31.6 Å². The zero-order valence-electron chi connectivity index (χ0n) is 15.3. The van der Waals surface area contributed by atoms with E-state index >= 15 is 0 Å². The molecule has 0 amide bonds. The third kappa shape index (κ3) is 5.39. The summed E-state index contributed by atoms with van der Waals surface area (Å²) in [7, 11) is 0. The fourth-order valence-electron chi connectivity index (χ4n) is 3.25. The van der Waals surface area contributed by atoms with Gasteiger partial charge in [-0.3, -0.25) is 11.1 Å². The van der Waals surface area contributed by atoms with Crippen LogP contribution >= 0.6 is 0 Å². The van der Waals surface area contributed by atoms with E-state index in [1.807, 2.05) is 0 Å². The summed E-state index contributed by atoms with van der Waals surface area (Å²) in [5, 5.41) is 0. The second kappa shape index (κ2) is 9.50. The van der Waals surface area contributed by atoms with Crippen LogP contribution < -0.4 is 18.9 Å². The summed E-state index contributed by atoms with van der Waals surface area (Å²) >= 11 is 0. The zero-order chi connectivity index (χ0) is 17.6. The summed E-state index contributed by atoms with van der Waals surface area (Å²) in [6.45, 7) is 10.1.